The summed E-state index contributed by atoms with van der Waals surface area (Å²) in [4.78, 5) is 18.8. The molecule has 2 atom stereocenters. The van der Waals surface area contributed by atoms with Crippen LogP contribution in [0.25, 0.3) is 0 Å². The van der Waals surface area contributed by atoms with Crippen LogP contribution in [0.4, 0.5) is 13.2 Å². The molecule has 3 N–H and O–H groups in total. The standard InChI is InChI=1S/C16H18F3N3O/c1-2-15(14(20)23,8-12-9-21-10-22-12)13(16(17,18)19)11-6-4-3-5-7-11/h3-7,9-10,13H,2,8H2,1H3,(H2,20,23)(H,21,22). The van der Waals surface area contributed by atoms with E-state index in [1.165, 1.54) is 36.8 Å². The number of aromatic amines is 1. The first-order valence-electron chi connectivity index (χ1n) is 7.20. The monoisotopic (exact) mass is 325 g/mol. The summed E-state index contributed by atoms with van der Waals surface area (Å²) >= 11 is 0. The number of imidazole rings is 1. The van der Waals surface area contributed by atoms with Crippen LogP contribution in [0.1, 0.15) is 30.5 Å². The summed E-state index contributed by atoms with van der Waals surface area (Å²) in [5.41, 5.74) is 4.06. The van der Waals surface area contributed by atoms with E-state index in [0.717, 1.165) is 0 Å². The van der Waals surface area contributed by atoms with Crippen molar-refractivity contribution < 1.29 is 18.0 Å². The third-order valence-electron chi connectivity index (χ3n) is 4.19. The first-order chi connectivity index (χ1) is 10.8. The number of amides is 1. The Balaban J connectivity index is 2.59. The molecule has 0 spiro atoms. The lowest BCUT2D eigenvalue weighted by molar-refractivity contribution is -0.184. The minimum Gasteiger partial charge on any atom is -0.369 e. The highest BCUT2D eigenvalue weighted by Gasteiger charge is 2.56. The van der Waals surface area contributed by atoms with Gasteiger partial charge in [-0.2, -0.15) is 13.2 Å². The summed E-state index contributed by atoms with van der Waals surface area (Å²) in [5, 5.41) is 0. The van der Waals surface area contributed by atoms with Crippen LogP contribution in [0.3, 0.4) is 0 Å². The Bertz CT molecular complexity index is 640. The van der Waals surface area contributed by atoms with E-state index in [1.807, 2.05) is 0 Å². The number of alkyl halides is 3. The molecule has 4 nitrogen and oxygen atoms in total. The van der Waals surface area contributed by atoms with E-state index in [1.54, 1.807) is 13.0 Å². The molecule has 0 fully saturated rings. The van der Waals surface area contributed by atoms with Gasteiger partial charge in [0.15, 0.2) is 0 Å². The second kappa shape index (κ2) is 6.44. The van der Waals surface area contributed by atoms with Crippen molar-refractivity contribution in [3.63, 3.8) is 0 Å². The molecule has 23 heavy (non-hydrogen) atoms. The van der Waals surface area contributed by atoms with Gasteiger partial charge in [0.05, 0.1) is 23.4 Å². The maximum atomic E-state index is 13.8. The minimum atomic E-state index is -4.61. The average Bonchev–Trinajstić information content (AvgIpc) is 2.98. The number of nitrogens with two attached hydrogens (primary N) is 1. The second-order valence-electron chi connectivity index (χ2n) is 5.50. The van der Waals surface area contributed by atoms with Gasteiger partial charge in [-0.05, 0) is 12.0 Å². The SMILES string of the molecule is CCC(Cc1c[nH]cn1)(C(N)=O)C(c1ccccc1)C(F)(F)F. The highest BCUT2D eigenvalue weighted by molar-refractivity contribution is 5.82. The fourth-order valence-corrected chi connectivity index (χ4v) is 3.01. The molecule has 0 radical (unpaired) electrons. The summed E-state index contributed by atoms with van der Waals surface area (Å²) in [6.45, 7) is 1.54. The van der Waals surface area contributed by atoms with Crippen molar-refractivity contribution in [1.29, 1.82) is 0 Å². The molecule has 1 amide bonds. The Morgan fingerprint density at radius 2 is 1.96 bits per heavy atom. The number of hydrogen-bond donors (Lipinski definition) is 2. The Kier molecular flexibility index (Phi) is 4.77. The molecule has 0 saturated heterocycles. The Labute approximate surface area is 131 Å². The van der Waals surface area contributed by atoms with Gasteiger partial charge in [-0.1, -0.05) is 37.3 Å². The molecule has 0 aliphatic rings. The lowest BCUT2D eigenvalue weighted by Gasteiger charge is -2.38. The second-order valence-corrected chi connectivity index (χ2v) is 5.50. The molecule has 7 heteroatoms. The number of halogens is 3. The normalized spacial score (nSPS) is 15.8. The lowest BCUT2D eigenvalue weighted by Crippen LogP contribution is -2.48. The maximum absolute atomic E-state index is 13.8. The van der Waals surface area contributed by atoms with Crippen LogP contribution in [-0.4, -0.2) is 22.1 Å². The fraction of sp³-hybridized carbons (Fsp3) is 0.375. The predicted molar refractivity (Wildman–Crippen MR) is 79.4 cm³/mol. The molecule has 2 aromatic rings. The van der Waals surface area contributed by atoms with Crippen molar-refractivity contribution in [1.82, 2.24) is 9.97 Å². The summed E-state index contributed by atoms with van der Waals surface area (Å²) in [6.07, 6.45) is -1.99. The number of carbonyl (C=O) groups excluding carboxylic acids is 1. The molecular weight excluding hydrogens is 307 g/mol. The van der Waals surface area contributed by atoms with Gasteiger partial charge in [0.2, 0.25) is 5.91 Å². The van der Waals surface area contributed by atoms with Crippen LogP contribution in [-0.2, 0) is 11.2 Å². The highest BCUT2D eigenvalue weighted by atomic mass is 19.4. The Morgan fingerprint density at radius 3 is 2.39 bits per heavy atom. The van der Waals surface area contributed by atoms with Gasteiger partial charge >= 0.3 is 6.18 Å². The zero-order valence-electron chi connectivity index (χ0n) is 12.6. The Hall–Kier alpha value is -2.31. The maximum Gasteiger partial charge on any atom is 0.396 e. The number of primary amides is 1. The molecule has 1 aromatic heterocycles. The van der Waals surface area contributed by atoms with Crippen molar-refractivity contribution in [3.05, 3.63) is 54.1 Å². The molecule has 124 valence electrons. The molecule has 0 aliphatic carbocycles. The van der Waals surface area contributed by atoms with Gasteiger partial charge in [-0.15, -0.1) is 0 Å². The van der Waals surface area contributed by atoms with E-state index in [-0.39, 0.29) is 18.4 Å². The zero-order valence-corrected chi connectivity index (χ0v) is 12.6. The van der Waals surface area contributed by atoms with Crippen LogP contribution >= 0.6 is 0 Å². The number of rotatable bonds is 6. The van der Waals surface area contributed by atoms with Crippen LogP contribution in [0, 0.1) is 5.41 Å². The number of H-pyrrole nitrogens is 1. The third kappa shape index (κ3) is 3.38. The summed E-state index contributed by atoms with van der Waals surface area (Å²) in [6, 6.07) is 7.41. The highest BCUT2D eigenvalue weighted by Crippen LogP contribution is 2.50. The summed E-state index contributed by atoms with van der Waals surface area (Å²) < 4.78 is 41.5. The van der Waals surface area contributed by atoms with E-state index >= 15 is 0 Å². The number of hydrogen-bond acceptors (Lipinski definition) is 2. The number of nitrogens with zero attached hydrogens (tertiary/aromatic N) is 1. The largest absolute Gasteiger partial charge is 0.396 e. The summed E-state index contributed by atoms with van der Waals surface area (Å²) in [5.74, 6) is -2.97. The van der Waals surface area contributed by atoms with Crippen LogP contribution in [0.15, 0.2) is 42.9 Å². The van der Waals surface area contributed by atoms with Crippen molar-refractivity contribution in [3.8, 4) is 0 Å². The molecule has 2 rings (SSSR count). The van der Waals surface area contributed by atoms with Gasteiger partial charge in [0, 0.05) is 12.6 Å². The summed E-state index contributed by atoms with van der Waals surface area (Å²) in [7, 11) is 0. The molecule has 0 bridgehead atoms. The smallest absolute Gasteiger partial charge is 0.369 e. The quantitative estimate of drug-likeness (QED) is 0.856. The average molecular weight is 325 g/mol. The molecule has 1 heterocycles. The number of carbonyl (C=O) groups is 1. The minimum absolute atomic E-state index is 0.0242. The van der Waals surface area contributed by atoms with Crippen molar-refractivity contribution in [2.45, 2.75) is 31.9 Å². The molecule has 0 saturated carbocycles. The van der Waals surface area contributed by atoms with E-state index in [0.29, 0.717) is 5.69 Å². The van der Waals surface area contributed by atoms with Gasteiger partial charge in [-0.25, -0.2) is 4.98 Å². The van der Waals surface area contributed by atoms with E-state index in [4.69, 9.17) is 5.73 Å². The number of aromatic nitrogens is 2. The van der Waals surface area contributed by atoms with E-state index in [2.05, 4.69) is 9.97 Å². The van der Waals surface area contributed by atoms with Crippen LogP contribution in [0.5, 0.6) is 0 Å². The first kappa shape index (κ1) is 17.1. The van der Waals surface area contributed by atoms with Crippen LogP contribution in [0.2, 0.25) is 0 Å². The lowest BCUT2D eigenvalue weighted by atomic mass is 9.66. The topological polar surface area (TPSA) is 71.8 Å². The van der Waals surface area contributed by atoms with Crippen LogP contribution < -0.4 is 5.73 Å². The van der Waals surface area contributed by atoms with Crippen molar-refractivity contribution >= 4 is 5.91 Å². The van der Waals surface area contributed by atoms with Gasteiger partial charge < -0.3 is 10.7 Å². The third-order valence-corrected chi connectivity index (χ3v) is 4.19. The van der Waals surface area contributed by atoms with Crippen molar-refractivity contribution in [2.24, 2.45) is 11.1 Å². The van der Waals surface area contributed by atoms with E-state index in [9.17, 15) is 18.0 Å². The molecule has 1 aromatic carbocycles. The number of nitrogens with one attached hydrogen (secondary N) is 1. The van der Waals surface area contributed by atoms with Crippen molar-refractivity contribution in [2.75, 3.05) is 0 Å². The predicted octanol–water partition coefficient (Wildman–Crippen LogP) is 3.18. The number of benzene rings is 1. The van der Waals surface area contributed by atoms with E-state index < -0.39 is 23.4 Å². The first-order valence-corrected chi connectivity index (χ1v) is 7.20. The Morgan fingerprint density at radius 1 is 1.30 bits per heavy atom. The molecular formula is C16H18F3N3O. The zero-order chi connectivity index (χ0) is 17.1. The molecule has 0 aliphatic heterocycles. The molecule has 2 unspecified atom stereocenters. The fourth-order valence-electron chi connectivity index (χ4n) is 3.01. The van der Waals surface area contributed by atoms with Gasteiger partial charge in [-0.3, -0.25) is 4.79 Å². The van der Waals surface area contributed by atoms with Gasteiger partial charge in [0.1, 0.15) is 0 Å². The van der Waals surface area contributed by atoms with Gasteiger partial charge in [0.25, 0.3) is 0 Å².